The number of piperidine rings is 1. The van der Waals surface area contributed by atoms with E-state index in [-0.39, 0.29) is 22.9 Å². The summed E-state index contributed by atoms with van der Waals surface area (Å²) >= 11 is 0. The molecule has 2 atom stereocenters. The second kappa shape index (κ2) is 5.64. The molecule has 2 heterocycles. The van der Waals surface area contributed by atoms with Gasteiger partial charge in [-0.1, -0.05) is 6.07 Å². The van der Waals surface area contributed by atoms with Gasteiger partial charge < -0.3 is 11.1 Å². The molecule has 1 saturated heterocycles. The number of hydrogen-bond acceptors (Lipinski definition) is 4. The van der Waals surface area contributed by atoms with Crippen LogP contribution in [0.15, 0.2) is 23.1 Å². The molecule has 0 unspecified atom stereocenters. The van der Waals surface area contributed by atoms with Crippen molar-refractivity contribution in [1.82, 2.24) is 9.62 Å². The van der Waals surface area contributed by atoms with E-state index in [1.165, 1.54) is 10.4 Å². The first-order valence-electron chi connectivity index (χ1n) is 7.58. The number of sulfonamides is 1. The summed E-state index contributed by atoms with van der Waals surface area (Å²) < 4.78 is 27.2. The van der Waals surface area contributed by atoms with E-state index in [0.717, 1.165) is 12.0 Å². The molecule has 0 aromatic heterocycles. The predicted molar refractivity (Wildman–Crippen MR) is 83.0 cm³/mol. The van der Waals surface area contributed by atoms with Crippen LogP contribution in [0.5, 0.6) is 0 Å². The van der Waals surface area contributed by atoms with Crippen molar-refractivity contribution in [2.45, 2.75) is 43.2 Å². The topological polar surface area (TPSA) is 92.5 Å². The second-order valence-electron chi connectivity index (χ2n) is 6.07. The van der Waals surface area contributed by atoms with Gasteiger partial charge in [0.2, 0.25) is 10.0 Å². The summed E-state index contributed by atoms with van der Waals surface area (Å²) in [5.41, 5.74) is 7.27. The molecule has 22 heavy (non-hydrogen) atoms. The first-order chi connectivity index (χ1) is 10.4. The summed E-state index contributed by atoms with van der Waals surface area (Å²) in [6.45, 7) is 2.90. The van der Waals surface area contributed by atoms with Crippen LogP contribution in [0.25, 0.3) is 0 Å². The lowest BCUT2D eigenvalue weighted by atomic mass is 10.0. The minimum Gasteiger partial charge on any atom is -0.352 e. The molecule has 2 aliphatic heterocycles. The summed E-state index contributed by atoms with van der Waals surface area (Å²) in [7, 11) is -3.59. The van der Waals surface area contributed by atoms with Crippen molar-refractivity contribution < 1.29 is 13.2 Å². The van der Waals surface area contributed by atoms with Crippen LogP contribution >= 0.6 is 0 Å². The van der Waals surface area contributed by atoms with Crippen molar-refractivity contribution in [3.63, 3.8) is 0 Å². The van der Waals surface area contributed by atoms with Gasteiger partial charge in [0.05, 0.1) is 4.90 Å². The van der Waals surface area contributed by atoms with Crippen LogP contribution in [-0.4, -0.2) is 43.8 Å². The van der Waals surface area contributed by atoms with Gasteiger partial charge in [0.1, 0.15) is 0 Å². The van der Waals surface area contributed by atoms with E-state index >= 15 is 0 Å². The highest BCUT2D eigenvalue weighted by atomic mass is 32.2. The summed E-state index contributed by atoms with van der Waals surface area (Å²) in [5, 5.41) is 2.75. The molecule has 0 radical (unpaired) electrons. The number of nitrogens with zero attached hydrogens (tertiary/aromatic N) is 1. The number of amides is 1. The van der Waals surface area contributed by atoms with Crippen molar-refractivity contribution in [1.29, 1.82) is 0 Å². The molecule has 1 aromatic rings. The Morgan fingerprint density at radius 3 is 2.86 bits per heavy atom. The maximum absolute atomic E-state index is 12.9. The third-order valence-electron chi connectivity index (χ3n) is 4.47. The Hall–Kier alpha value is -1.44. The van der Waals surface area contributed by atoms with Gasteiger partial charge >= 0.3 is 0 Å². The van der Waals surface area contributed by atoms with E-state index in [0.29, 0.717) is 31.5 Å². The molecule has 2 aliphatic rings. The Labute approximate surface area is 130 Å². The highest BCUT2D eigenvalue weighted by Gasteiger charge is 2.34. The molecule has 1 fully saturated rings. The second-order valence-corrected chi connectivity index (χ2v) is 7.96. The molecule has 3 N–H and O–H groups in total. The number of carbonyl (C=O) groups is 1. The highest BCUT2D eigenvalue weighted by molar-refractivity contribution is 7.89. The van der Waals surface area contributed by atoms with Gasteiger partial charge in [0.15, 0.2) is 0 Å². The number of nitrogens with one attached hydrogen (secondary N) is 1. The third-order valence-corrected chi connectivity index (χ3v) is 6.48. The maximum Gasteiger partial charge on any atom is 0.251 e. The van der Waals surface area contributed by atoms with Gasteiger partial charge in [0, 0.05) is 30.7 Å². The summed E-state index contributed by atoms with van der Waals surface area (Å²) in [4.78, 5) is 12.1. The molecule has 7 heteroatoms. The lowest BCUT2D eigenvalue weighted by molar-refractivity contribution is 0.0945. The highest BCUT2D eigenvalue weighted by Crippen LogP contribution is 2.27. The normalized spacial score (nSPS) is 26.4. The Balaban J connectivity index is 1.96. The van der Waals surface area contributed by atoms with Gasteiger partial charge in [-0.25, -0.2) is 8.42 Å². The fourth-order valence-electron chi connectivity index (χ4n) is 3.23. The molecule has 120 valence electrons. The molecule has 0 saturated carbocycles. The van der Waals surface area contributed by atoms with Gasteiger partial charge in [0.25, 0.3) is 5.91 Å². The van der Waals surface area contributed by atoms with Gasteiger partial charge in [-0.05, 0) is 43.9 Å². The number of hydrogen-bond donors (Lipinski definition) is 2. The summed E-state index contributed by atoms with van der Waals surface area (Å²) in [5.74, 6) is -0.202. The minimum atomic E-state index is -3.59. The van der Waals surface area contributed by atoms with E-state index in [9.17, 15) is 13.2 Å². The molecule has 6 nitrogen and oxygen atoms in total. The number of fused-ring (bicyclic) bond motifs is 1. The Kier molecular flexibility index (Phi) is 3.96. The van der Waals surface area contributed by atoms with E-state index in [2.05, 4.69) is 5.32 Å². The van der Waals surface area contributed by atoms with Gasteiger partial charge in [-0.3, -0.25) is 4.79 Å². The zero-order chi connectivity index (χ0) is 15.9. The number of rotatable bonds is 2. The predicted octanol–water partition coefficient (Wildman–Crippen LogP) is 0.473. The van der Waals surface area contributed by atoms with Gasteiger partial charge in [-0.15, -0.1) is 0 Å². The van der Waals surface area contributed by atoms with E-state index < -0.39 is 10.0 Å². The minimum absolute atomic E-state index is 0.0516. The molecule has 0 aliphatic carbocycles. The van der Waals surface area contributed by atoms with Crippen molar-refractivity contribution in [2.75, 3.05) is 13.1 Å². The first-order valence-corrected chi connectivity index (χ1v) is 9.02. The Morgan fingerprint density at radius 1 is 1.36 bits per heavy atom. The van der Waals surface area contributed by atoms with E-state index in [4.69, 9.17) is 5.73 Å². The van der Waals surface area contributed by atoms with Crippen molar-refractivity contribution in [3.05, 3.63) is 29.3 Å². The van der Waals surface area contributed by atoms with E-state index in [1.54, 1.807) is 12.1 Å². The van der Waals surface area contributed by atoms with Crippen LogP contribution in [0.1, 0.15) is 35.7 Å². The maximum atomic E-state index is 12.9. The van der Waals surface area contributed by atoms with Crippen LogP contribution in [0.2, 0.25) is 0 Å². The molecular weight excluding hydrogens is 302 g/mol. The number of nitrogens with two attached hydrogens (primary N) is 1. The summed E-state index contributed by atoms with van der Waals surface area (Å²) in [6, 6.07) is 4.78. The van der Waals surface area contributed by atoms with Crippen LogP contribution in [0, 0.1) is 0 Å². The fraction of sp³-hybridized carbons (Fsp3) is 0.533. The Bertz CT molecular complexity index is 702. The molecule has 1 aromatic carbocycles. The monoisotopic (exact) mass is 323 g/mol. The SMILES string of the molecule is C[C@H]1C[C@H](N)CCN1S(=O)(=O)c1ccc2c(c1)C(=O)NCC2. The molecular formula is C15H21N3O3S. The largest absolute Gasteiger partial charge is 0.352 e. The number of benzene rings is 1. The molecule has 1 amide bonds. The quantitative estimate of drug-likeness (QED) is 0.827. The number of carbonyl (C=O) groups excluding carboxylic acids is 1. The van der Waals surface area contributed by atoms with Gasteiger partial charge in [-0.2, -0.15) is 4.31 Å². The van der Waals surface area contributed by atoms with Crippen molar-refractivity contribution in [2.24, 2.45) is 5.73 Å². The zero-order valence-corrected chi connectivity index (χ0v) is 13.4. The molecule has 0 bridgehead atoms. The average Bonchev–Trinajstić information content (AvgIpc) is 2.47. The zero-order valence-electron chi connectivity index (χ0n) is 12.6. The van der Waals surface area contributed by atoms with E-state index in [1.807, 2.05) is 6.92 Å². The fourth-order valence-corrected chi connectivity index (χ4v) is 4.91. The first kappa shape index (κ1) is 15.5. The molecule has 3 rings (SSSR count). The van der Waals surface area contributed by atoms with Crippen LogP contribution in [0.4, 0.5) is 0 Å². The smallest absolute Gasteiger partial charge is 0.251 e. The third kappa shape index (κ3) is 2.64. The standard InChI is InChI=1S/C15H21N3O3S/c1-10-8-12(16)5-7-18(10)22(20,21)13-3-2-11-4-6-17-15(19)14(11)9-13/h2-3,9-10,12H,4-8,16H2,1H3,(H,17,19)/t10-,12+/m0/s1. The molecule has 0 spiro atoms. The average molecular weight is 323 g/mol. The lowest BCUT2D eigenvalue weighted by Gasteiger charge is -2.35. The van der Waals surface area contributed by atoms with Crippen molar-refractivity contribution in [3.8, 4) is 0 Å². The van der Waals surface area contributed by atoms with Crippen molar-refractivity contribution >= 4 is 15.9 Å². The van der Waals surface area contributed by atoms with Crippen LogP contribution in [0.3, 0.4) is 0 Å². The van der Waals surface area contributed by atoms with Crippen LogP contribution < -0.4 is 11.1 Å². The summed E-state index contributed by atoms with van der Waals surface area (Å²) in [6.07, 6.45) is 2.05. The lowest BCUT2D eigenvalue weighted by Crippen LogP contribution is -2.48. The Morgan fingerprint density at radius 2 is 2.14 bits per heavy atom. The van der Waals surface area contributed by atoms with Crippen LogP contribution in [-0.2, 0) is 16.4 Å².